The van der Waals surface area contributed by atoms with Gasteiger partial charge in [-0.3, -0.25) is 0 Å². The number of anilines is 1. The summed E-state index contributed by atoms with van der Waals surface area (Å²) < 4.78 is 37.0. The van der Waals surface area contributed by atoms with E-state index in [4.69, 9.17) is 5.11 Å². The number of nitrogens with one attached hydrogen (secondary N) is 1. The summed E-state index contributed by atoms with van der Waals surface area (Å²) in [4.78, 5) is 27.2. The van der Waals surface area contributed by atoms with Crippen molar-refractivity contribution < 1.29 is 27.9 Å². The largest absolute Gasteiger partial charge is 0.480 e. The first-order valence-corrected chi connectivity index (χ1v) is 6.86. The van der Waals surface area contributed by atoms with Gasteiger partial charge in [-0.1, -0.05) is 0 Å². The highest BCUT2D eigenvalue weighted by Crippen LogP contribution is 2.28. The highest BCUT2D eigenvalue weighted by atomic mass is 32.2. The lowest BCUT2D eigenvalue weighted by Gasteiger charge is -2.20. The van der Waals surface area contributed by atoms with Gasteiger partial charge in [0.15, 0.2) is 0 Å². The first-order valence-electron chi connectivity index (χ1n) is 5.70. The zero-order valence-electron chi connectivity index (χ0n) is 10.4. The fraction of sp³-hybridized carbons (Fsp3) is 0.364. The van der Waals surface area contributed by atoms with Gasteiger partial charge in [-0.2, -0.15) is 13.2 Å². The molecule has 114 valence electrons. The Hall–Kier alpha value is -1.97. The van der Waals surface area contributed by atoms with Crippen molar-refractivity contribution in [1.29, 1.82) is 0 Å². The Morgan fingerprint density at radius 1 is 1.43 bits per heavy atom. The number of nitrogens with zero attached hydrogens (tertiary/aromatic N) is 2. The minimum absolute atomic E-state index is 0.0639. The van der Waals surface area contributed by atoms with Crippen molar-refractivity contribution >= 4 is 29.4 Å². The van der Waals surface area contributed by atoms with Crippen LogP contribution in [0.1, 0.15) is 5.69 Å². The SMILES string of the molecule is O=C(O)[C@@H]1CSCN1C(=O)Nc1ccc(C(F)(F)F)nc1. The number of alkyl halides is 3. The second-order valence-corrected chi connectivity index (χ2v) is 5.18. The molecule has 6 nitrogen and oxygen atoms in total. The number of rotatable bonds is 2. The summed E-state index contributed by atoms with van der Waals surface area (Å²) in [6, 6.07) is 0.168. The first-order chi connectivity index (χ1) is 9.79. The Kier molecular flexibility index (Phi) is 4.26. The number of halogens is 3. The topological polar surface area (TPSA) is 82.5 Å². The van der Waals surface area contributed by atoms with Crippen LogP contribution >= 0.6 is 11.8 Å². The van der Waals surface area contributed by atoms with Gasteiger partial charge in [0.05, 0.1) is 17.8 Å². The molecular weight excluding hydrogens is 311 g/mol. The van der Waals surface area contributed by atoms with E-state index >= 15 is 0 Å². The number of pyridine rings is 1. The number of carboxylic acids is 1. The molecule has 1 aromatic heterocycles. The maximum absolute atomic E-state index is 12.3. The van der Waals surface area contributed by atoms with E-state index in [1.54, 1.807) is 0 Å². The minimum Gasteiger partial charge on any atom is -0.480 e. The number of hydrogen-bond donors (Lipinski definition) is 2. The van der Waals surface area contributed by atoms with Crippen LogP contribution in [-0.4, -0.2) is 44.7 Å². The van der Waals surface area contributed by atoms with Crippen molar-refractivity contribution in [3.63, 3.8) is 0 Å². The van der Waals surface area contributed by atoms with Gasteiger partial charge in [0, 0.05) is 5.75 Å². The van der Waals surface area contributed by atoms with Crippen LogP contribution in [0.5, 0.6) is 0 Å². The summed E-state index contributed by atoms with van der Waals surface area (Å²) in [7, 11) is 0. The smallest absolute Gasteiger partial charge is 0.433 e. The van der Waals surface area contributed by atoms with E-state index < -0.39 is 29.9 Å². The summed E-state index contributed by atoms with van der Waals surface area (Å²) >= 11 is 1.28. The average molecular weight is 321 g/mol. The molecule has 1 aromatic rings. The molecule has 21 heavy (non-hydrogen) atoms. The minimum atomic E-state index is -4.55. The van der Waals surface area contributed by atoms with Gasteiger partial charge in [-0.05, 0) is 12.1 Å². The normalized spacial score (nSPS) is 18.6. The van der Waals surface area contributed by atoms with E-state index in [0.29, 0.717) is 0 Å². The Bertz CT molecular complexity index is 550. The second kappa shape index (κ2) is 5.80. The van der Waals surface area contributed by atoms with E-state index in [1.165, 1.54) is 11.8 Å². The number of thioether (sulfide) groups is 1. The zero-order valence-corrected chi connectivity index (χ0v) is 11.2. The van der Waals surface area contributed by atoms with Crippen molar-refractivity contribution in [2.24, 2.45) is 0 Å². The number of hydrogen-bond acceptors (Lipinski definition) is 4. The molecule has 0 aromatic carbocycles. The summed E-state index contributed by atoms with van der Waals surface area (Å²) in [6.07, 6.45) is -3.68. The van der Waals surface area contributed by atoms with Gasteiger partial charge in [-0.25, -0.2) is 14.6 Å². The summed E-state index contributed by atoms with van der Waals surface area (Å²) in [5, 5.41) is 11.3. The number of aromatic nitrogens is 1. The number of carbonyl (C=O) groups is 2. The summed E-state index contributed by atoms with van der Waals surface area (Å²) in [5.41, 5.74) is -1.00. The molecule has 2 amide bonds. The first kappa shape index (κ1) is 15.4. The third kappa shape index (κ3) is 3.57. The van der Waals surface area contributed by atoms with Crippen LogP contribution in [-0.2, 0) is 11.0 Å². The van der Waals surface area contributed by atoms with Crippen molar-refractivity contribution in [2.75, 3.05) is 16.9 Å². The lowest BCUT2D eigenvalue weighted by molar-refractivity contribution is -0.141. The zero-order chi connectivity index (χ0) is 15.6. The third-order valence-corrected chi connectivity index (χ3v) is 3.75. The maximum atomic E-state index is 12.3. The highest BCUT2D eigenvalue weighted by molar-refractivity contribution is 7.99. The molecule has 10 heteroatoms. The van der Waals surface area contributed by atoms with Crippen LogP contribution in [0.2, 0.25) is 0 Å². The lowest BCUT2D eigenvalue weighted by atomic mass is 10.3. The molecule has 2 heterocycles. The summed E-state index contributed by atoms with van der Waals surface area (Å²) in [6.45, 7) is 0. The molecule has 0 bridgehead atoms. The Balaban J connectivity index is 2.04. The quantitative estimate of drug-likeness (QED) is 0.871. The molecule has 0 radical (unpaired) electrons. The molecule has 1 fully saturated rings. The van der Waals surface area contributed by atoms with Crippen LogP contribution in [0.25, 0.3) is 0 Å². The van der Waals surface area contributed by atoms with E-state index in [9.17, 15) is 22.8 Å². The Labute approximate surface area is 121 Å². The van der Waals surface area contributed by atoms with Crippen molar-refractivity contribution in [1.82, 2.24) is 9.88 Å². The molecule has 1 atom stereocenters. The lowest BCUT2D eigenvalue weighted by Crippen LogP contribution is -2.43. The van der Waals surface area contributed by atoms with E-state index in [-0.39, 0.29) is 17.3 Å². The van der Waals surface area contributed by atoms with Crippen molar-refractivity contribution in [2.45, 2.75) is 12.2 Å². The monoisotopic (exact) mass is 321 g/mol. The van der Waals surface area contributed by atoms with Gasteiger partial charge < -0.3 is 15.3 Å². The summed E-state index contributed by atoms with van der Waals surface area (Å²) in [5.74, 6) is -0.647. The number of carbonyl (C=O) groups excluding carboxylic acids is 1. The van der Waals surface area contributed by atoms with Crippen LogP contribution in [0.3, 0.4) is 0 Å². The van der Waals surface area contributed by atoms with Crippen LogP contribution in [0.15, 0.2) is 18.3 Å². The van der Waals surface area contributed by atoms with Crippen LogP contribution in [0.4, 0.5) is 23.7 Å². The molecule has 2 rings (SSSR count). The molecule has 0 unspecified atom stereocenters. The van der Waals surface area contributed by atoms with Gasteiger partial charge in [0.25, 0.3) is 0 Å². The van der Waals surface area contributed by atoms with E-state index in [2.05, 4.69) is 10.3 Å². The Morgan fingerprint density at radius 2 is 2.14 bits per heavy atom. The van der Waals surface area contributed by atoms with E-state index in [1.807, 2.05) is 0 Å². The third-order valence-electron chi connectivity index (χ3n) is 2.73. The molecule has 1 aliphatic rings. The molecule has 0 aliphatic carbocycles. The average Bonchev–Trinajstić information content (AvgIpc) is 2.87. The number of urea groups is 1. The van der Waals surface area contributed by atoms with E-state index in [0.717, 1.165) is 23.2 Å². The molecule has 1 saturated heterocycles. The molecule has 2 N–H and O–H groups in total. The molecular formula is C11H10F3N3O3S. The predicted molar refractivity (Wildman–Crippen MR) is 68.8 cm³/mol. The Morgan fingerprint density at radius 3 is 2.67 bits per heavy atom. The maximum Gasteiger partial charge on any atom is 0.433 e. The van der Waals surface area contributed by atoms with Crippen LogP contribution in [0, 0.1) is 0 Å². The number of aliphatic carboxylic acids is 1. The standard InChI is InChI=1S/C11H10F3N3O3S/c12-11(13,14)8-2-1-6(3-15-8)16-10(20)17-5-21-4-7(17)9(18)19/h1-3,7H,4-5H2,(H,16,20)(H,18,19)/t7-/m0/s1. The molecule has 0 spiro atoms. The highest BCUT2D eigenvalue weighted by Gasteiger charge is 2.35. The number of amides is 2. The fourth-order valence-electron chi connectivity index (χ4n) is 1.68. The second-order valence-electron chi connectivity index (χ2n) is 4.18. The predicted octanol–water partition coefficient (Wildman–Crippen LogP) is 2.09. The van der Waals surface area contributed by atoms with Gasteiger partial charge in [-0.15, -0.1) is 11.8 Å². The number of carboxylic acid groups (broad SMARTS) is 1. The van der Waals surface area contributed by atoms with Gasteiger partial charge in [0.2, 0.25) is 0 Å². The van der Waals surface area contributed by atoms with Crippen LogP contribution < -0.4 is 5.32 Å². The van der Waals surface area contributed by atoms with Gasteiger partial charge in [0.1, 0.15) is 11.7 Å². The fourth-order valence-corrected chi connectivity index (χ4v) is 2.82. The molecule has 0 saturated carbocycles. The van der Waals surface area contributed by atoms with Crippen molar-refractivity contribution in [3.8, 4) is 0 Å². The van der Waals surface area contributed by atoms with Crippen molar-refractivity contribution in [3.05, 3.63) is 24.0 Å². The van der Waals surface area contributed by atoms with Gasteiger partial charge >= 0.3 is 18.2 Å². The molecule has 1 aliphatic heterocycles.